The largest absolute Gasteiger partial charge is 0.472 e. The maximum atomic E-state index is 13.1. The van der Waals surface area contributed by atoms with Crippen LogP contribution in [0.3, 0.4) is 0 Å². The van der Waals surface area contributed by atoms with Crippen LogP contribution in [0.5, 0.6) is 0 Å². The minimum atomic E-state index is -5.02. The summed E-state index contributed by atoms with van der Waals surface area (Å²) in [5, 5.41) is 10.7. The zero-order chi connectivity index (χ0) is 81.7. The van der Waals surface area contributed by atoms with Gasteiger partial charge < -0.3 is 33.8 Å². The van der Waals surface area contributed by atoms with Crippen molar-refractivity contribution in [3.8, 4) is 0 Å². The van der Waals surface area contributed by atoms with Gasteiger partial charge in [-0.2, -0.15) is 0 Å². The van der Waals surface area contributed by atoms with E-state index in [0.717, 1.165) is 199 Å². The van der Waals surface area contributed by atoms with Crippen LogP contribution < -0.4 is 0 Å². The number of hydrogen-bond donors (Lipinski definition) is 3. The second kappa shape index (κ2) is 82.4. The first kappa shape index (κ1) is 105. The predicted molar refractivity (Wildman–Crippen MR) is 463 cm³/mol. The molecular weight excluding hydrogens is 1450 g/mol. The molecule has 5 unspecified atom stereocenters. The molecule has 0 rings (SSSR count). The number of esters is 4. The van der Waals surface area contributed by atoms with E-state index in [-0.39, 0.29) is 25.7 Å². The van der Waals surface area contributed by atoms with Crippen LogP contribution in [0.25, 0.3) is 0 Å². The van der Waals surface area contributed by atoms with Crippen LogP contribution in [-0.4, -0.2) is 96.7 Å². The number of allylic oxidation sites excluding steroid dienone is 36. The molecule has 0 aliphatic carbocycles. The van der Waals surface area contributed by atoms with E-state index in [1.165, 1.54) is 0 Å². The monoisotopic (exact) mass is 1600 g/mol. The van der Waals surface area contributed by atoms with Crippen LogP contribution >= 0.6 is 15.6 Å². The summed E-state index contributed by atoms with van der Waals surface area (Å²) < 4.78 is 68.7. The van der Waals surface area contributed by atoms with E-state index in [0.29, 0.717) is 32.1 Å². The molecular formula is C93H146O17P2. The molecule has 0 heterocycles. The Hall–Kier alpha value is -6.62. The van der Waals surface area contributed by atoms with Gasteiger partial charge >= 0.3 is 39.5 Å². The summed E-state index contributed by atoms with van der Waals surface area (Å²) in [4.78, 5) is 73.2. The average Bonchev–Trinajstić information content (AvgIpc) is 0.895. The van der Waals surface area contributed by atoms with Crippen molar-refractivity contribution in [2.75, 3.05) is 39.6 Å². The Morgan fingerprint density at radius 3 is 0.732 bits per heavy atom. The summed E-state index contributed by atoms with van der Waals surface area (Å²) in [7, 11) is -10.0. The van der Waals surface area contributed by atoms with E-state index in [2.05, 4.69) is 228 Å². The maximum Gasteiger partial charge on any atom is 0.472 e. The van der Waals surface area contributed by atoms with Crippen LogP contribution in [0.2, 0.25) is 0 Å². The second-order valence-corrected chi connectivity index (χ2v) is 29.8. The third-order valence-electron chi connectivity index (χ3n) is 16.4. The van der Waals surface area contributed by atoms with E-state index in [4.69, 9.17) is 37.0 Å². The highest BCUT2D eigenvalue weighted by Crippen LogP contribution is 2.45. The highest BCUT2D eigenvalue weighted by molar-refractivity contribution is 7.47. The first-order valence-electron chi connectivity index (χ1n) is 42.0. The Kier molecular flexibility index (Phi) is 77.5. The summed E-state index contributed by atoms with van der Waals surface area (Å²) in [6.45, 7) is 4.24. The predicted octanol–water partition coefficient (Wildman–Crippen LogP) is 25.2. The van der Waals surface area contributed by atoms with Crippen molar-refractivity contribution >= 4 is 39.5 Å². The molecule has 0 aromatic rings. The van der Waals surface area contributed by atoms with Crippen molar-refractivity contribution in [1.29, 1.82) is 0 Å². The summed E-state index contributed by atoms with van der Waals surface area (Å²) >= 11 is 0. The molecule has 19 heteroatoms. The summed E-state index contributed by atoms with van der Waals surface area (Å²) in [5.74, 6) is -2.37. The molecule has 5 atom stereocenters. The minimum Gasteiger partial charge on any atom is -0.462 e. The molecule has 0 bridgehead atoms. The van der Waals surface area contributed by atoms with Gasteiger partial charge in [0.25, 0.3) is 0 Å². The lowest BCUT2D eigenvalue weighted by molar-refractivity contribution is -0.161. The van der Waals surface area contributed by atoms with Gasteiger partial charge in [-0.1, -0.05) is 298 Å². The van der Waals surface area contributed by atoms with E-state index < -0.39 is 97.5 Å². The maximum absolute atomic E-state index is 13.1. The number of aliphatic hydroxyl groups excluding tert-OH is 1. The van der Waals surface area contributed by atoms with Crippen LogP contribution in [0.4, 0.5) is 0 Å². The molecule has 0 aromatic carbocycles. The Balaban J connectivity index is 5.54. The Labute approximate surface area is 677 Å². The molecule has 17 nitrogen and oxygen atoms in total. The molecule has 112 heavy (non-hydrogen) atoms. The number of phosphoric ester groups is 2. The fourth-order valence-electron chi connectivity index (χ4n) is 10.2. The smallest absolute Gasteiger partial charge is 0.462 e. The van der Waals surface area contributed by atoms with E-state index in [1.807, 2.05) is 18.2 Å². The summed E-state index contributed by atoms with van der Waals surface area (Å²) in [6.07, 6.45) is 105. The van der Waals surface area contributed by atoms with Crippen molar-refractivity contribution < 1.29 is 80.2 Å². The minimum absolute atomic E-state index is 0.0207. The summed E-state index contributed by atoms with van der Waals surface area (Å²) in [5.41, 5.74) is 0. The number of ether oxygens (including phenoxy) is 4. The lowest BCUT2D eigenvalue weighted by Gasteiger charge is -2.21. The van der Waals surface area contributed by atoms with Gasteiger partial charge in [0.1, 0.15) is 19.3 Å². The zero-order valence-corrected chi connectivity index (χ0v) is 70.8. The van der Waals surface area contributed by atoms with Crippen LogP contribution in [0.1, 0.15) is 285 Å². The van der Waals surface area contributed by atoms with Crippen LogP contribution in [0.15, 0.2) is 219 Å². The molecule has 0 amide bonds. The first-order chi connectivity index (χ1) is 54.7. The lowest BCUT2D eigenvalue weighted by atomic mass is 10.1. The quantitative estimate of drug-likeness (QED) is 0.0169. The third kappa shape index (κ3) is 81.4. The molecule has 0 saturated heterocycles. The second-order valence-electron chi connectivity index (χ2n) is 26.9. The van der Waals surface area contributed by atoms with Crippen LogP contribution in [-0.2, 0) is 65.4 Å². The number of carbonyl (C=O) groups is 4. The fraction of sp³-hybridized carbons (Fsp3) is 0.570. The molecule has 0 spiro atoms. The average molecular weight is 1600 g/mol. The van der Waals surface area contributed by atoms with Crippen molar-refractivity contribution in [2.45, 2.75) is 303 Å². The first-order valence-corrected chi connectivity index (χ1v) is 45.0. The zero-order valence-electron chi connectivity index (χ0n) is 69.0. The van der Waals surface area contributed by atoms with E-state index in [1.54, 1.807) is 0 Å². The highest BCUT2D eigenvalue weighted by Gasteiger charge is 2.30. The topological polar surface area (TPSA) is 237 Å². The standard InChI is InChI=1S/C93H146O17P2/c1-5-9-13-17-21-25-29-33-37-41-43-47-49-53-57-61-65-69-73-77-90(95)103-83-88(109-92(97)79-75-71-67-63-59-55-51-45-39-35-31-27-23-19-15-11-7-3)85-107-111(99,100)105-81-87(94)82-106-112(101,102)108-86-89(110-93(98)80-76-72-68-64-60-56-52-46-40-36-32-28-24-20-16-12-8-4)84-104-91(96)78-74-70-66-62-58-54-50-48-44-42-38-34-30-26-22-18-14-10-6-2/h9-16,21-28,33-40,43-44,47-48,51,53-55,57-58,65,69,87-89,94H,5-8,17-20,29-32,41-42,45-46,49-50,52,56,59-64,66-68,70-86H2,1-4H3,(H,99,100)(H,101,102)/b13-9-,14-10-,15-11-,16-12-,25-21-,26-22-,27-23-,28-24-,37-33-,38-34-,39-35-,40-36-,47-43-,48-44-,55-51-,57-53-,58-54-,69-65-. The Morgan fingerprint density at radius 1 is 0.250 bits per heavy atom. The lowest BCUT2D eigenvalue weighted by Crippen LogP contribution is -2.30. The molecule has 0 fully saturated rings. The molecule has 0 aliphatic rings. The van der Waals surface area contributed by atoms with Gasteiger partial charge in [0.2, 0.25) is 0 Å². The van der Waals surface area contributed by atoms with E-state index >= 15 is 0 Å². The van der Waals surface area contributed by atoms with Crippen molar-refractivity contribution in [2.24, 2.45) is 0 Å². The Morgan fingerprint density at radius 2 is 0.455 bits per heavy atom. The van der Waals surface area contributed by atoms with Gasteiger partial charge in [-0.3, -0.25) is 37.3 Å². The molecule has 0 saturated carbocycles. The normalized spacial score (nSPS) is 14.9. The number of unbranched alkanes of at least 4 members (excludes halogenated alkanes) is 14. The van der Waals surface area contributed by atoms with Gasteiger partial charge in [0.15, 0.2) is 12.2 Å². The number of phosphoric acid groups is 2. The van der Waals surface area contributed by atoms with Crippen molar-refractivity contribution in [3.63, 3.8) is 0 Å². The van der Waals surface area contributed by atoms with Gasteiger partial charge in [-0.25, -0.2) is 9.13 Å². The van der Waals surface area contributed by atoms with Gasteiger partial charge in [-0.15, -0.1) is 0 Å². The number of hydrogen-bond acceptors (Lipinski definition) is 15. The van der Waals surface area contributed by atoms with E-state index in [9.17, 15) is 43.2 Å². The van der Waals surface area contributed by atoms with Gasteiger partial charge in [-0.05, 0) is 180 Å². The fourth-order valence-corrected chi connectivity index (χ4v) is 11.8. The molecule has 0 aromatic heterocycles. The van der Waals surface area contributed by atoms with Crippen molar-refractivity contribution in [1.82, 2.24) is 0 Å². The number of aliphatic hydroxyl groups is 1. The molecule has 630 valence electrons. The SMILES string of the molecule is CC/C=C\C/C=C\C/C=C\C/C=C\C/C=C\C/C=C\CCC(=O)OCC(COP(=O)(O)OCC(O)COP(=O)(O)OCC(COC(=O)CCCCC/C=C\C/C=C\C/C=C\C/C=C\C/C=C\CC)OC(=O)CCCCCCCCC/C=C\C/C=C\C/C=C\CC)OC(=O)CCCCCC/C=C\C/C=C\C/C=C\C/C=C\CC. The third-order valence-corrected chi connectivity index (χ3v) is 18.3. The Bertz CT molecular complexity index is 2990. The molecule has 0 radical (unpaired) electrons. The van der Waals surface area contributed by atoms with Gasteiger partial charge in [0, 0.05) is 25.7 Å². The number of rotatable bonds is 76. The summed E-state index contributed by atoms with van der Waals surface area (Å²) in [6, 6.07) is 0. The molecule has 0 aliphatic heterocycles. The molecule has 3 N–H and O–H groups in total. The van der Waals surface area contributed by atoms with Crippen LogP contribution in [0, 0.1) is 0 Å². The van der Waals surface area contributed by atoms with Crippen molar-refractivity contribution in [3.05, 3.63) is 219 Å². The number of carbonyl (C=O) groups excluding carboxylic acids is 4. The highest BCUT2D eigenvalue weighted by atomic mass is 31.2. The van der Waals surface area contributed by atoms with Gasteiger partial charge in [0.05, 0.1) is 26.4 Å².